The van der Waals surface area contributed by atoms with E-state index in [1.807, 2.05) is 0 Å². The van der Waals surface area contributed by atoms with Gasteiger partial charge in [0.1, 0.15) is 0 Å². The minimum Gasteiger partial charge on any atom is -0.393 e. The maximum Gasteiger partial charge on any atom is 0.350 e. The molecule has 0 spiro atoms. The molecule has 0 aromatic rings. The second kappa shape index (κ2) is 4.68. The number of hydrogen-bond acceptors (Lipinski definition) is 3. The fourth-order valence-corrected chi connectivity index (χ4v) is 1.00. The van der Waals surface area contributed by atoms with Crippen LogP contribution in [-0.2, 0) is 10.0 Å². The van der Waals surface area contributed by atoms with Crippen LogP contribution in [0.5, 0.6) is 0 Å². The van der Waals surface area contributed by atoms with E-state index in [1.165, 1.54) is 6.92 Å². The zero-order chi connectivity index (χ0) is 9.78. The Kier molecular flexibility index (Phi) is 4.58. The van der Waals surface area contributed by atoms with Crippen molar-refractivity contribution in [3.63, 3.8) is 0 Å². The molecule has 0 heterocycles. The summed E-state index contributed by atoms with van der Waals surface area (Å²) < 4.78 is 45.6. The Bertz CT molecular complexity index is 215. The number of aliphatic hydroxyl groups is 1. The molecule has 1 unspecified atom stereocenters. The van der Waals surface area contributed by atoms with Crippen molar-refractivity contribution in [2.24, 2.45) is 0 Å². The minimum atomic E-state index is -4.49. The SMILES string of the molecule is CC(O)CCNS(=O)(=O)C(F)F. The molecule has 4 nitrogen and oxygen atoms in total. The third-order valence-electron chi connectivity index (χ3n) is 1.10. The van der Waals surface area contributed by atoms with Crippen LogP contribution in [0, 0.1) is 0 Å². The zero-order valence-corrected chi connectivity index (χ0v) is 7.31. The molecular weight excluding hydrogens is 192 g/mol. The highest BCUT2D eigenvalue weighted by molar-refractivity contribution is 7.89. The number of aliphatic hydroxyl groups excluding tert-OH is 1. The monoisotopic (exact) mass is 203 g/mol. The minimum absolute atomic E-state index is 0.117. The second-order valence-corrected chi connectivity index (χ2v) is 4.07. The molecule has 0 aliphatic heterocycles. The van der Waals surface area contributed by atoms with Gasteiger partial charge in [-0.3, -0.25) is 0 Å². The van der Waals surface area contributed by atoms with Crippen LogP contribution in [-0.4, -0.2) is 31.9 Å². The summed E-state index contributed by atoms with van der Waals surface area (Å²) in [6.45, 7) is 1.26. The summed E-state index contributed by atoms with van der Waals surface area (Å²) in [7, 11) is -4.49. The van der Waals surface area contributed by atoms with E-state index in [0.29, 0.717) is 0 Å². The van der Waals surface area contributed by atoms with Crippen molar-refractivity contribution in [3.8, 4) is 0 Å². The summed E-state index contributed by atoms with van der Waals surface area (Å²) in [5.74, 6) is -3.41. The molecule has 0 aromatic carbocycles. The first kappa shape index (κ1) is 11.7. The Morgan fingerprint density at radius 3 is 2.33 bits per heavy atom. The molecule has 2 N–H and O–H groups in total. The molecule has 0 amide bonds. The van der Waals surface area contributed by atoms with Gasteiger partial charge in [0.15, 0.2) is 0 Å². The summed E-state index contributed by atoms with van der Waals surface area (Å²) >= 11 is 0. The molecular formula is C5H11F2NO3S. The maximum absolute atomic E-state index is 11.6. The van der Waals surface area contributed by atoms with E-state index >= 15 is 0 Å². The Balaban J connectivity index is 3.79. The van der Waals surface area contributed by atoms with Crippen molar-refractivity contribution in [2.75, 3.05) is 6.54 Å². The highest BCUT2D eigenvalue weighted by Crippen LogP contribution is 2.01. The quantitative estimate of drug-likeness (QED) is 0.655. The summed E-state index contributed by atoms with van der Waals surface area (Å²) in [5, 5.41) is 8.67. The number of alkyl halides is 2. The summed E-state index contributed by atoms with van der Waals surface area (Å²) in [6, 6.07) is 0. The predicted octanol–water partition coefficient (Wildman–Crippen LogP) is -0.101. The van der Waals surface area contributed by atoms with E-state index in [0.717, 1.165) is 0 Å². The number of nitrogens with one attached hydrogen (secondary N) is 1. The Labute approximate surface area is 69.6 Å². The van der Waals surface area contributed by atoms with Crippen LogP contribution < -0.4 is 4.72 Å². The molecule has 0 fully saturated rings. The molecule has 0 saturated carbocycles. The van der Waals surface area contributed by atoms with Gasteiger partial charge in [0.05, 0.1) is 6.10 Å². The Hall–Kier alpha value is -0.270. The zero-order valence-electron chi connectivity index (χ0n) is 6.50. The van der Waals surface area contributed by atoms with Crippen molar-refractivity contribution in [3.05, 3.63) is 0 Å². The average molecular weight is 203 g/mol. The van der Waals surface area contributed by atoms with Gasteiger partial charge in [0.2, 0.25) is 0 Å². The van der Waals surface area contributed by atoms with Gasteiger partial charge >= 0.3 is 5.76 Å². The molecule has 0 saturated heterocycles. The lowest BCUT2D eigenvalue weighted by Gasteiger charge is -2.06. The van der Waals surface area contributed by atoms with Gasteiger partial charge in [-0.05, 0) is 13.3 Å². The van der Waals surface area contributed by atoms with Crippen LogP contribution in [0.25, 0.3) is 0 Å². The third kappa shape index (κ3) is 4.58. The lowest BCUT2D eigenvalue weighted by molar-refractivity contribution is 0.185. The first-order chi connectivity index (χ1) is 5.36. The van der Waals surface area contributed by atoms with Crippen molar-refractivity contribution in [1.29, 1.82) is 0 Å². The number of halogens is 2. The van der Waals surface area contributed by atoms with E-state index in [-0.39, 0.29) is 13.0 Å². The van der Waals surface area contributed by atoms with Gasteiger partial charge in [-0.25, -0.2) is 13.1 Å². The van der Waals surface area contributed by atoms with E-state index in [1.54, 1.807) is 4.72 Å². The first-order valence-corrected chi connectivity index (χ1v) is 4.85. The van der Waals surface area contributed by atoms with Crippen LogP contribution in [0.3, 0.4) is 0 Å². The van der Waals surface area contributed by atoms with Crippen molar-refractivity contribution in [2.45, 2.75) is 25.2 Å². The molecule has 0 rings (SSSR count). The van der Waals surface area contributed by atoms with Gasteiger partial charge in [-0.2, -0.15) is 8.78 Å². The molecule has 7 heteroatoms. The number of sulfonamides is 1. The predicted molar refractivity (Wildman–Crippen MR) is 39.2 cm³/mol. The van der Waals surface area contributed by atoms with Crippen LogP contribution in [0.1, 0.15) is 13.3 Å². The van der Waals surface area contributed by atoms with Crippen LogP contribution in [0.15, 0.2) is 0 Å². The highest BCUT2D eigenvalue weighted by atomic mass is 32.2. The van der Waals surface area contributed by atoms with Crippen LogP contribution in [0.4, 0.5) is 8.78 Å². The van der Waals surface area contributed by atoms with Crippen molar-refractivity contribution < 1.29 is 22.3 Å². The summed E-state index contributed by atoms with van der Waals surface area (Å²) in [4.78, 5) is 0. The lowest BCUT2D eigenvalue weighted by atomic mass is 10.3. The van der Waals surface area contributed by atoms with Gasteiger partial charge in [-0.1, -0.05) is 0 Å². The van der Waals surface area contributed by atoms with Crippen LogP contribution >= 0.6 is 0 Å². The van der Waals surface area contributed by atoms with Crippen molar-refractivity contribution in [1.82, 2.24) is 4.72 Å². The fraction of sp³-hybridized carbons (Fsp3) is 1.00. The van der Waals surface area contributed by atoms with Crippen molar-refractivity contribution >= 4 is 10.0 Å². The van der Waals surface area contributed by atoms with E-state index < -0.39 is 21.9 Å². The van der Waals surface area contributed by atoms with Gasteiger partial charge < -0.3 is 5.11 Å². The topological polar surface area (TPSA) is 66.4 Å². The average Bonchev–Trinajstić information content (AvgIpc) is 1.85. The van der Waals surface area contributed by atoms with E-state index in [9.17, 15) is 17.2 Å². The molecule has 12 heavy (non-hydrogen) atoms. The molecule has 74 valence electrons. The normalized spacial score (nSPS) is 15.1. The Morgan fingerprint density at radius 1 is 1.50 bits per heavy atom. The largest absolute Gasteiger partial charge is 0.393 e. The van der Waals surface area contributed by atoms with Gasteiger partial charge in [0.25, 0.3) is 10.0 Å². The number of hydrogen-bond donors (Lipinski definition) is 2. The standard InChI is InChI=1S/C5H11F2NO3S/c1-4(9)2-3-8-12(10,11)5(6)7/h4-5,8-9H,2-3H2,1H3. The Morgan fingerprint density at radius 2 is 2.00 bits per heavy atom. The smallest absolute Gasteiger partial charge is 0.350 e. The van der Waals surface area contributed by atoms with Crippen LogP contribution in [0.2, 0.25) is 0 Å². The van der Waals surface area contributed by atoms with Gasteiger partial charge in [-0.15, -0.1) is 0 Å². The maximum atomic E-state index is 11.6. The first-order valence-electron chi connectivity index (χ1n) is 3.31. The summed E-state index contributed by atoms with van der Waals surface area (Å²) in [6.07, 6.45) is -0.586. The molecule has 1 atom stereocenters. The molecule has 0 aliphatic carbocycles. The van der Waals surface area contributed by atoms with E-state index in [4.69, 9.17) is 5.11 Å². The lowest BCUT2D eigenvalue weighted by Crippen LogP contribution is -2.31. The number of rotatable bonds is 5. The summed E-state index contributed by atoms with van der Waals surface area (Å²) in [5.41, 5.74) is 0. The molecule has 0 radical (unpaired) electrons. The second-order valence-electron chi connectivity index (χ2n) is 2.34. The van der Waals surface area contributed by atoms with Gasteiger partial charge in [0, 0.05) is 6.54 Å². The van der Waals surface area contributed by atoms with E-state index in [2.05, 4.69) is 0 Å². The third-order valence-corrected chi connectivity index (χ3v) is 2.18. The highest BCUT2D eigenvalue weighted by Gasteiger charge is 2.22. The molecule has 0 bridgehead atoms. The molecule has 0 aliphatic rings. The fourth-order valence-electron chi connectivity index (χ4n) is 0.473. The molecule has 0 aromatic heterocycles.